The minimum Gasteiger partial charge on any atom is -0.497 e. The van der Waals surface area contributed by atoms with Gasteiger partial charge in [0, 0.05) is 57.9 Å². The van der Waals surface area contributed by atoms with Crippen LogP contribution in [0.1, 0.15) is 30.9 Å². The summed E-state index contributed by atoms with van der Waals surface area (Å²) in [5.74, 6) is 1.46. The molecule has 202 valence electrons. The van der Waals surface area contributed by atoms with Crippen molar-refractivity contribution in [3.63, 3.8) is 0 Å². The summed E-state index contributed by atoms with van der Waals surface area (Å²) in [6.07, 6.45) is 1.24. The third-order valence-corrected chi connectivity index (χ3v) is 7.47. The Morgan fingerprint density at radius 1 is 0.919 bits per heavy atom. The van der Waals surface area contributed by atoms with Crippen molar-refractivity contribution >= 4 is 11.6 Å². The molecule has 2 heterocycles. The first-order valence-corrected chi connectivity index (χ1v) is 13.1. The maximum Gasteiger partial charge on any atom is 0.219 e. The molecule has 0 aromatic heterocycles. The van der Waals surface area contributed by atoms with E-state index >= 15 is 0 Å². The van der Waals surface area contributed by atoms with Gasteiger partial charge in [-0.05, 0) is 62.1 Å². The minimum atomic E-state index is -1.25. The van der Waals surface area contributed by atoms with Gasteiger partial charge >= 0.3 is 0 Å². The summed E-state index contributed by atoms with van der Waals surface area (Å²) >= 11 is 0. The zero-order valence-corrected chi connectivity index (χ0v) is 22.6. The second kappa shape index (κ2) is 11.3. The van der Waals surface area contributed by atoms with E-state index in [1.54, 1.807) is 12.0 Å². The topological polar surface area (TPSA) is 85.7 Å². The number of amides is 1. The van der Waals surface area contributed by atoms with Crippen molar-refractivity contribution < 1.29 is 24.5 Å². The lowest BCUT2D eigenvalue weighted by Gasteiger charge is -2.42. The van der Waals surface area contributed by atoms with Gasteiger partial charge in [0.05, 0.1) is 19.3 Å². The third-order valence-electron chi connectivity index (χ3n) is 7.47. The molecule has 0 aliphatic carbocycles. The van der Waals surface area contributed by atoms with E-state index in [0.29, 0.717) is 44.8 Å². The van der Waals surface area contributed by atoms with E-state index in [-0.39, 0.29) is 19.1 Å². The Labute approximate surface area is 220 Å². The van der Waals surface area contributed by atoms with Gasteiger partial charge in [-0.2, -0.15) is 0 Å². The normalized spacial score (nSPS) is 22.4. The Morgan fingerprint density at radius 3 is 2.27 bits per heavy atom. The number of carbonyl (C=O) groups is 1. The first-order valence-electron chi connectivity index (χ1n) is 13.1. The van der Waals surface area contributed by atoms with Crippen LogP contribution in [0.25, 0.3) is 0 Å². The lowest BCUT2D eigenvalue weighted by Crippen LogP contribution is -2.55. The molecule has 0 saturated carbocycles. The maximum atomic E-state index is 12.3. The first-order chi connectivity index (χ1) is 17.6. The minimum absolute atomic E-state index is 0.0677. The second-order valence-electron chi connectivity index (χ2n) is 10.9. The van der Waals surface area contributed by atoms with E-state index in [4.69, 9.17) is 9.47 Å². The molecule has 0 radical (unpaired) electrons. The van der Waals surface area contributed by atoms with Crippen LogP contribution in [0.3, 0.4) is 0 Å². The Hall–Kier alpha value is -2.81. The summed E-state index contributed by atoms with van der Waals surface area (Å²) < 4.78 is 11.4. The molecule has 2 N–H and O–H groups in total. The number of methoxy groups -OCH3 is 1. The molecule has 8 nitrogen and oxygen atoms in total. The number of carbonyl (C=O) groups excluding carboxylic acids is 1. The molecular weight excluding hydrogens is 470 g/mol. The van der Waals surface area contributed by atoms with Gasteiger partial charge in [-0.15, -0.1) is 0 Å². The van der Waals surface area contributed by atoms with Crippen LogP contribution in [0.5, 0.6) is 11.5 Å². The van der Waals surface area contributed by atoms with Gasteiger partial charge in [0.2, 0.25) is 5.91 Å². The van der Waals surface area contributed by atoms with Gasteiger partial charge in [-0.3, -0.25) is 9.69 Å². The largest absolute Gasteiger partial charge is 0.497 e. The van der Waals surface area contributed by atoms with Crippen molar-refractivity contribution in [1.29, 1.82) is 0 Å². The number of piperidine rings is 1. The number of ether oxygens (including phenoxy) is 2. The molecule has 0 spiro atoms. The fraction of sp³-hybridized carbons (Fsp3) is 0.552. The van der Waals surface area contributed by atoms with Gasteiger partial charge < -0.3 is 29.5 Å². The van der Waals surface area contributed by atoms with Gasteiger partial charge in [0.1, 0.15) is 23.7 Å². The number of aryl methyl sites for hydroxylation is 2. The average Bonchev–Trinajstić information content (AvgIpc) is 3.01. The summed E-state index contributed by atoms with van der Waals surface area (Å²) in [6, 6.07) is 14.0. The number of anilines is 1. The molecule has 2 aliphatic heterocycles. The van der Waals surface area contributed by atoms with Crippen molar-refractivity contribution in [2.45, 2.75) is 44.8 Å². The molecule has 2 aromatic rings. The second-order valence-corrected chi connectivity index (χ2v) is 10.9. The molecule has 0 unspecified atom stereocenters. The highest BCUT2D eigenvalue weighted by molar-refractivity contribution is 5.73. The highest BCUT2D eigenvalue weighted by Gasteiger charge is 2.41. The van der Waals surface area contributed by atoms with Crippen LogP contribution in [0.4, 0.5) is 5.69 Å². The van der Waals surface area contributed by atoms with Crippen molar-refractivity contribution in [2.24, 2.45) is 0 Å². The summed E-state index contributed by atoms with van der Waals surface area (Å²) in [4.78, 5) is 18.3. The molecular formula is C29H41N3O5. The highest BCUT2D eigenvalue weighted by Crippen LogP contribution is 2.30. The molecule has 2 aromatic carbocycles. The van der Waals surface area contributed by atoms with Crippen molar-refractivity contribution in [1.82, 2.24) is 9.80 Å². The first kappa shape index (κ1) is 27.2. The molecule has 8 heteroatoms. The van der Waals surface area contributed by atoms with Gasteiger partial charge in [-0.1, -0.05) is 12.1 Å². The van der Waals surface area contributed by atoms with Crippen molar-refractivity contribution in [3.05, 3.63) is 53.6 Å². The number of nitrogens with zero attached hydrogens (tertiary/aromatic N) is 3. The van der Waals surface area contributed by atoms with Crippen molar-refractivity contribution in [3.8, 4) is 11.5 Å². The number of rotatable bonds is 7. The Morgan fingerprint density at radius 2 is 1.62 bits per heavy atom. The SMILES string of the molecule is COc1cccc(N2CCC(O)(CN3CCN(C(C)=O)C[C@@](O)(COc4cc(C)cc(C)c4)C3)CC2)c1. The summed E-state index contributed by atoms with van der Waals surface area (Å²) in [6.45, 7) is 9.15. The number of hydrogen-bond donors (Lipinski definition) is 2. The van der Waals surface area contributed by atoms with E-state index in [2.05, 4.69) is 21.9 Å². The predicted molar refractivity (Wildman–Crippen MR) is 144 cm³/mol. The smallest absolute Gasteiger partial charge is 0.219 e. The summed E-state index contributed by atoms with van der Waals surface area (Å²) in [5.41, 5.74) is 1.16. The third kappa shape index (κ3) is 7.15. The van der Waals surface area contributed by atoms with Gasteiger partial charge in [0.15, 0.2) is 0 Å². The Balaban J connectivity index is 1.41. The van der Waals surface area contributed by atoms with E-state index in [9.17, 15) is 15.0 Å². The van der Waals surface area contributed by atoms with E-state index < -0.39 is 11.2 Å². The molecule has 2 aliphatic rings. The highest BCUT2D eigenvalue weighted by atomic mass is 16.5. The average molecular weight is 512 g/mol. The molecule has 2 saturated heterocycles. The van der Waals surface area contributed by atoms with Gasteiger partial charge in [-0.25, -0.2) is 0 Å². The monoisotopic (exact) mass is 511 g/mol. The maximum absolute atomic E-state index is 12.3. The summed E-state index contributed by atoms with van der Waals surface area (Å²) in [7, 11) is 1.66. The quantitative estimate of drug-likeness (QED) is 0.591. The molecule has 1 atom stereocenters. The predicted octanol–water partition coefficient (Wildman–Crippen LogP) is 2.62. The molecule has 4 rings (SSSR count). The number of β-amino-alcohol motifs (C(OH)–C–C–N with tert-alkyl or cyclic N) is 2. The zero-order chi connectivity index (χ0) is 26.6. The van der Waals surface area contributed by atoms with Crippen LogP contribution in [0.2, 0.25) is 0 Å². The van der Waals surface area contributed by atoms with E-state index in [1.807, 2.05) is 44.2 Å². The van der Waals surface area contributed by atoms with Crippen LogP contribution < -0.4 is 14.4 Å². The number of hydrogen-bond acceptors (Lipinski definition) is 7. The van der Waals surface area contributed by atoms with Crippen molar-refractivity contribution in [2.75, 3.05) is 64.4 Å². The van der Waals surface area contributed by atoms with E-state index in [0.717, 1.165) is 35.7 Å². The lowest BCUT2D eigenvalue weighted by atomic mass is 9.90. The number of benzene rings is 2. The molecule has 1 amide bonds. The lowest BCUT2D eigenvalue weighted by molar-refractivity contribution is -0.132. The summed E-state index contributed by atoms with van der Waals surface area (Å²) in [5, 5.41) is 23.1. The van der Waals surface area contributed by atoms with Crippen LogP contribution in [-0.2, 0) is 4.79 Å². The van der Waals surface area contributed by atoms with Crippen LogP contribution in [-0.4, -0.2) is 96.7 Å². The molecule has 2 fully saturated rings. The van der Waals surface area contributed by atoms with Crippen LogP contribution in [0, 0.1) is 13.8 Å². The molecule has 37 heavy (non-hydrogen) atoms. The van der Waals surface area contributed by atoms with Crippen LogP contribution >= 0.6 is 0 Å². The zero-order valence-electron chi connectivity index (χ0n) is 22.6. The van der Waals surface area contributed by atoms with Gasteiger partial charge in [0.25, 0.3) is 0 Å². The number of aliphatic hydroxyl groups is 2. The molecule has 0 bridgehead atoms. The fourth-order valence-electron chi connectivity index (χ4n) is 5.53. The standard InChI is InChI=1S/C29H41N3O5/c1-22-14-23(2)16-27(15-22)37-21-29(35)19-30(12-13-32(20-29)24(3)33)18-28(34)8-10-31(11-9-28)25-6-5-7-26(17-25)36-4/h5-7,14-17,34-35H,8-13,18-21H2,1-4H3/t29-/m1/s1. The van der Waals surface area contributed by atoms with E-state index in [1.165, 1.54) is 6.92 Å². The van der Waals surface area contributed by atoms with Crippen LogP contribution in [0.15, 0.2) is 42.5 Å². The Kier molecular flexibility index (Phi) is 8.31. The fourth-order valence-corrected chi connectivity index (χ4v) is 5.53. The Bertz CT molecular complexity index is 1060.